The van der Waals surface area contributed by atoms with E-state index in [1.165, 1.54) is 11.1 Å². The minimum Gasteiger partial charge on any atom is -0.496 e. The molecular formula is C12H19NO3S. The molecule has 1 aromatic rings. The highest BCUT2D eigenvalue weighted by molar-refractivity contribution is 7.60. The van der Waals surface area contributed by atoms with Gasteiger partial charge in [-0.05, 0) is 29.5 Å². The predicted molar refractivity (Wildman–Crippen MR) is 68.1 cm³/mol. The maximum atomic E-state index is 8.67. The summed E-state index contributed by atoms with van der Waals surface area (Å²) in [7, 11) is -0.885. The lowest BCUT2D eigenvalue weighted by molar-refractivity contribution is 0.397. The smallest absolute Gasteiger partial charge is 0.308 e. The molecule has 4 nitrogen and oxygen atoms in total. The summed E-state index contributed by atoms with van der Waals surface area (Å²) in [5, 5.41) is 0. The van der Waals surface area contributed by atoms with E-state index >= 15 is 0 Å². The van der Waals surface area contributed by atoms with E-state index in [-0.39, 0.29) is 5.41 Å². The Morgan fingerprint density at radius 1 is 1.24 bits per heavy atom. The number of ether oxygens (including phenoxy) is 1. The van der Waals surface area contributed by atoms with Gasteiger partial charge >= 0.3 is 10.5 Å². The maximum absolute atomic E-state index is 8.67. The van der Waals surface area contributed by atoms with Crippen molar-refractivity contribution in [3.05, 3.63) is 29.3 Å². The van der Waals surface area contributed by atoms with Crippen molar-refractivity contribution in [3.8, 4) is 5.75 Å². The minimum absolute atomic E-state index is 0.152. The quantitative estimate of drug-likeness (QED) is 0.841. The molecule has 0 aliphatic heterocycles. The Morgan fingerprint density at radius 3 is 2.06 bits per heavy atom. The van der Waals surface area contributed by atoms with Gasteiger partial charge in [0, 0.05) is 0 Å². The number of hydrogen-bond acceptors (Lipinski definition) is 4. The molecule has 0 spiro atoms. The Balaban J connectivity index is 0.000000557. The zero-order valence-electron chi connectivity index (χ0n) is 10.9. The standard InChI is InChI=1S/C12H18O.HNO2S/c1-9-6-7-10(12(2,3)4)11(8-9)13-5;1-4(2)3/h6-8H,1-5H3;1H. The molecule has 17 heavy (non-hydrogen) atoms. The topological polar surface area (TPSA) is 67.2 Å². The molecule has 0 bridgehead atoms. The maximum Gasteiger partial charge on any atom is 0.308 e. The minimum atomic E-state index is -2.61. The average Bonchev–Trinajstić information content (AvgIpc) is 2.14. The SMILES string of the molecule is COc1cc(C)ccc1C(C)(C)C.N=S(=O)=O. The first kappa shape index (κ1) is 15.6. The molecule has 0 amide bonds. The molecule has 0 fully saturated rings. The van der Waals surface area contributed by atoms with Crippen molar-refractivity contribution < 1.29 is 13.2 Å². The van der Waals surface area contributed by atoms with Crippen LogP contribution < -0.4 is 4.74 Å². The van der Waals surface area contributed by atoms with Crippen molar-refractivity contribution in [1.82, 2.24) is 0 Å². The lowest BCUT2D eigenvalue weighted by atomic mass is 9.86. The first-order valence-corrected chi connectivity index (χ1v) is 6.21. The van der Waals surface area contributed by atoms with Gasteiger partial charge in [-0.3, -0.25) is 0 Å². The van der Waals surface area contributed by atoms with Crippen LogP contribution in [-0.2, 0) is 15.9 Å². The third kappa shape index (κ3) is 6.06. The number of hydrogen-bond donors (Lipinski definition) is 1. The molecule has 1 N–H and O–H groups in total. The van der Waals surface area contributed by atoms with Gasteiger partial charge in [0.05, 0.1) is 7.11 Å². The monoisotopic (exact) mass is 257 g/mol. The molecule has 1 aromatic carbocycles. The van der Waals surface area contributed by atoms with Gasteiger partial charge < -0.3 is 4.74 Å². The van der Waals surface area contributed by atoms with E-state index in [1.807, 2.05) is 0 Å². The van der Waals surface area contributed by atoms with E-state index in [0.29, 0.717) is 0 Å². The van der Waals surface area contributed by atoms with Gasteiger partial charge in [-0.1, -0.05) is 32.9 Å². The molecule has 1 rings (SSSR count). The second-order valence-electron chi connectivity index (χ2n) is 4.69. The molecule has 0 radical (unpaired) electrons. The van der Waals surface area contributed by atoms with Crippen LogP contribution in [0.5, 0.6) is 5.75 Å². The second kappa shape index (κ2) is 6.39. The number of benzene rings is 1. The van der Waals surface area contributed by atoms with E-state index in [4.69, 9.17) is 17.9 Å². The van der Waals surface area contributed by atoms with Crippen LogP contribution in [0.25, 0.3) is 0 Å². The molecule has 0 atom stereocenters. The van der Waals surface area contributed by atoms with Crippen LogP contribution in [0.3, 0.4) is 0 Å². The molecule has 0 saturated carbocycles. The second-order valence-corrected chi connectivity index (χ2v) is 5.16. The van der Waals surface area contributed by atoms with Crippen LogP contribution in [0, 0.1) is 11.7 Å². The lowest BCUT2D eigenvalue weighted by Gasteiger charge is -2.22. The fraction of sp³-hybridized carbons (Fsp3) is 0.500. The fourth-order valence-electron chi connectivity index (χ4n) is 1.42. The summed E-state index contributed by atoms with van der Waals surface area (Å²) < 4.78 is 28.2. The first-order chi connectivity index (χ1) is 7.68. The van der Waals surface area contributed by atoms with Gasteiger partial charge in [0.2, 0.25) is 0 Å². The summed E-state index contributed by atoms with van der Waals surface area (Å²) in [4.78, 5) is 0. The summed E-state index contributed by atoms with van der Waals surface area (Å²) in [5.74, 6) is 0.993. The van der Waals surface area contributed by atoms with E-state index in [2.05, 4.69) is 45.9 Å². The van der Waals surface area contributed by atoms with E-state index < -0.39 is 10.5 Å². The molecule has 0 aliphatic rings. The number of rotatable bonds is 1. The summed E-state index contributed by atoms with van der Waals surface area (Å²) in [6.07, 6.45) is 0. The Labute approximate surface area is 104 Å². The van der Waals surface area contributed by atoms with Crippen molar-refractivity contribution in [2.75, 3.05) is 7.11 Å². The Bertz CT molecular complexity index is 465. The van der Waals surface area contributed by atoms with Gasteiger partial charge in [-0.15, -0.1) is 0 Å². The van der Waals surface area contributed by atoms with E-state index in [9.17, 15) is 0 Å². The third-order valence-electron chi connectivity index (χ3n) is 2.17. The summed E-state index contributed by atoms with van der Waals surface area (Å²) in [6, 6.07) is 6.36. The summed E-state index contributed by atoms with van der Waals surface area (Å²) in [5.41, 5.74) is 2.66. The predicted octanol–water partition coefficient (Wildman–Crippen LogP) is 2.93. The van der Waals surface area contributed by atoms with Crippen molar-refractivity contribution in [2.24, 2.45) is 0 Å². The van der Waals surface area contributed by atoms with Crippen LogP contribution in [0.1, 0.15) is 31.9 Å². The number of aryl methyl sites for hydroxylation is 1. The van der Waals surface area contributed by atoms with Crippen LogP contribution in [-0.4, -0.2) is 15.5 Å². The highest BCUT2D eigenvalue weighted by Crippen LogP contribution is 2.31. The lowest BCUT2D eigenvalue weighted by Crippen LogP contribution is -2.12. The van der Waals surface area contributed by atoms with Crippen LogP contribution in [0.15, 0.2) is 18.2 Å². The molecule has 0 heterocycles. The van der Waals surface area contributed by atoms with E-state index in [0.717, 1.165) is 5.75 Å². The molecule has 0 saturated heterocycles. The Hall–Kier alpha value is -1.36. The van der Waals surface area contributed by atoms with Crippen molar-refractivity contribution in [1.29, 1.82) is 4.78 Å². The molecular weight excluding hydrogens is 238 g/mol. The number of methoxy groups -OCH3 is 1. The highest BCUT2D eigenvalue weighted by Gasteiger charge is 2.18. The van der Waals surface area contributed by atoms with Crippen LogP contribution in [0.4, 0.5) is 0 Å². The van der Waals surface area contributed by atoms with Crippen molar-refractivity contribution >= 4 is 10.5 Å². The van der Waals surface area contributed by atoms with Gasteiger partial charge in [-0.25, -0.2) is 0 Å². The highest BCUT2D eigenvalue weighted by atomic mass is 32.2. The summed E-state index contributed by atoms with van der Waals surface area (Å²) >= 11 is 0. The van der Waals surface area contributed by atoms with Gasteiger partial charge in [-0.2, -0.15) is 13.2 Å². The third-order valence-corrected chi connectivity index (χ3v) is 2.17. The van der Waals surface area contributed by atoms with Crippen LogP contribution in [0.2, 0.25) is 0 Å². The molecule has 0 aromatic heterocycles. The average molecular weight is 257 g/mol. The van der Waals surface area contributed by atoms with E-state index in [1.54, 1.807) is 7.11 Å². The van der Waals surface area contributed by atoms with Crippen molar-refractivity contribution in [2.45, 2.75) is 33.1 Å². The van der Waals surface area contributed by atoms with Crippen molar-refractivity contribution in [3.63, 3.8) is 0 Å². The molecule has 0 unspecified atom stereocenters. The summed E-state index contributed by atoms with van der Waals surface area (Å²) in [6.45, 7) is 8.66. The zero-order chi connectivity index (χ0) is 13.6. The molecule has 96 valence electrons. The van der Waals surface area contributed by atoms with Gasteiger partial charge in [0.1, 0.15) is 5.75 Å². The Morgan fingerprint density at radius 2 is 1.71 bits per heavy atom. The Kier molecular flexibility index (Phi) is 5.88. The van der Waals surface area contributed by atoms with Gasteiger partial charge in [0.15, 0.2) is 0 Å². The van der Waals surface area contributed by atoms with Gasteiger partial charge in [0.25, 0.3) is 0 Å². The number of nitrogens with one attached hydrogen (secondary N) is 1. The largest absolute Gasteiger partial charge is 0.496 e. The fourth-order valence-corrected chi connectivity index (χ4v) is 1.42. The zero-order valence-corrected chi connectivity index (χ0v) is 11.7. The van der Waals surface area contributed by atoms with Crippen LogP contribution >= 0.6 is 0 Å². The molecule has 5 heteroatoms. The molecule has 0 aliphatic carbocycles. The normalized spacial score (nSPS) is 10.2. The first-order valence-electron chi connectivity index (χ1n) is 5.14.